The molecule has 2 rings (SSSR count). The predicted octanol–water partition coefficient (Wildman–Crippen LogP) is 2.25. The highest BCUT2D eigenvalue weighted by molar-refractivity contribution is 5.88. The number of aliphatic carboxylic acids is 1. The summed E-state index contributed by atoms with van der Waals surface area (Å²) < 4.78 is 0. The maximum absolute atomic E-state index is 12.3. The van der Waals surface area contributed by atoms with Crippen LogP contribution in [0.3, 0.4) is 0 Å². The van der Waals surface area contributed by atoms with Crippen LogP contribution >= 0.6 is 0 Å². The van der Waals surface area contributed by atoms with Gasteiger partial charge in [0.2, 0.25) is 5.91 Å². The van der Waals surface area contributed by atoms with E-state index in [2.05, 4.69) is 5.32 Å². The van der Waals surface area contributed by atoms with E-state index in [0.717, 1.165) is 11.1 Å². The largest absolute Gasteiger partial charge is 0.481 e. The topological polar surface area (TPSA) is 66.4 Å². The van der Waals surface area contributed by atoms with Gasteiger partial charge < -0.3 is 10.4 Å². The van der Waals surface area contributed by atoms with Crippen LogP contribution < -0.4 is 5.32 Å². The van der Waals surface area contributed by atoms with E-state index in [1.807, 2.05) is 45.0 Å². The summed E-state index contributed by atoms with van der Waals surface area (Å²) in [5.41, 5.74) is 0.690. The quantitative estimate of drug-likeness (QED) is 0.866. The first-order valence-electron chi connectivity index (χ1n) is 6.87. The minimum atomic E-state index is -0.814. The lowest BCUT2D eigenvalue weighted by Crippen LogP contribution is -2.43. The summed E-state index contributed by atoms with van der Waals surface area (Å²) in [5, 5.41) is 11.9. The number of aryl methyl sites for hydroxylation is 1. The van der Waals surface area contributed by atoms with Crippen molar-refractivity contribution in [1.82, 2.24) is 5.32 Å². The first-order chi connectivity index (χ1) is 9.28. The maximum Gasteiger partial charge on any atom is 0.311 e. The van der Waals surface area contributed by atoms with Crippen molar-refractivity contribution in [3.63, 3.8) is 0 Å². The average Bonchev–Trinajstić information content (AvgIpc) is 3.17. The third kappa shape index (κ3) is 2.69. The van der Waals surface area contributed by atoms with Crippen molar-refractivity contribution in [3.8, 4) is 0 Å². The van der Waals surface area contributed by atoms with Gasteiger partial charge in [-0.2, -0.15) is 0 Å². The van der Waals surface area contributed by atoms with Crippen LogP contribution in [0.15, 0.2) is 24.3 Å². The number of carboxylic acids is 1. The van der Waals surface area contributed by atoms with Crippen LogP contribution in [-0.2, 0) is 15.0 Å². The second kappa shape index (κ2) is 4.93. The molecule has 0 saturated heterocycles. The molecule has 2 N–H and O–H groups in total. The molecule has 0 aliphatic heterocycles. The monoisotopic (exact) mass is 275 g/mol. The summed E-state index contributed by atoms with van der Waals surface area (Å²) in [5.74, 6) is -0.945. The van der Waals surface area contributed by atoms with E-state index in [1.54, 1.807) is 0 Å². The molecule has 0 aromatic heterocycles. The molecule has 1 aliphatic carbocycles. The molecule has 1 aromatic carbocycles. The Bertz CT molecular complexity index is 527. The molecule has 0 bridgehead atoms. The summed E-state index contributed by atoms with van der Waals surface area (Å²) in [7, 11) is 0. The fourth-order valence-corrected chi connectivity index (χ4v) is 2.19. The van der Waals surface area contributed by atoms with E-state index in [9.17, 15) is 9.59 Å². The standard InChI is InChI=1S/C16H21NO3/c1-11-4-6-12(7-5-11)15(2,3)13(18)17-10-16(8-9-16)14(19)20/h4-7H,8-10H2,1-3H3,(H,17,18)(H,19,20). The Kier molecular flexibility index (Phi) is 3.59. The number of hydrogen-bond donors (Lipinski definition) is 2. The van der Waals surface area contributed by atoms with E-state index in [0.29, 0.717) is 12.8 Å². The SMILES string of the molecule is Cc1ccc(C(C)(C)C(=O)NCC2(C(=O)O)CC2)cc1. The Balaban J connectivity index is 2.04. The predicted molar refractivity (Wildman–Crippen MR) is 76.5 cm³/mol. The lowest BCUT2D eigenvalue weighted by molar-refractivity contribution is -0.143. The summed E-state index contributed by atoms with van der Waals surface area (Å²) in [6.07, 6.45) is 1.29. The van der Waals surface area contributed by atoms with Gasteiger partial charge in [0.1, 0.15) is 0 Å². The number of carboxylic acid groups (broad SMARTS) is 1. The molecule has 4 nitrogen and oxygen atoms in total. The zero-order valence-corrected chi connectivity index (χ0v) is 12.2. The third-order valence-electron chi connectivity index (χ3n) is 4.24. The smallest absolute Gasteiger partial charge is 0.311 e. The van der Waals surface area contributed by atoms with E-state index >= 15 is 0 Å². The number of amides is 1. The van der Waals surface area contributed by atoms with Gasteiger partial charge in [-0.1, -0.05) is 29.8 Å². The molecule has 1 aromatic rings. The number of benzene rings is 1. The lowest BCUT2D eigenvalue weighted by atomic mass is 9.83. The van der Waals surface area contributed by atoms with Crippen molar-refractivity contribution in [2.75, 3.05) is 6.54 Å². The molecule has 108 valence electrons. The molecule has 1 fully saturated rings. The second-order valence-corrected chi connectivity index (χ2v) is 6.26. The van der Waals surface area contributed by atoms with Crippen LogP contribution in [0.5, 0.6) is 0 Å². The van der Waals surface area contributed by atoms with Crippen molar-refractivity contribution < 1.29 is 14.7 Å². The molecule has 0 heterocycles. The summed E-state index contributed by atoms with van der Waals surface area (Å²) in [6, 6.07) is 7.84. The Morgan fingerprint density at radius 1 is 1.25 bits per heavy atom. The molecular formula is C16H21NO3. The van der Waals surface area contributed by atoms with Crippen LogP contribution in [0.25, 0.3) is 0 Å². The van der Waals surface area contributed by atoms with Crippen molar-refractivity contribution >= 4 is 11.9 Å². The van der Waals surface area contributed by atoms with Gasteiger partial charge in [0.05, 0.1) is 10.8 Å². The number of carbonyl (C=O) groups is 2. The number of rotatable bonds is 5. The number of carbonyl (C=O) groups excluding carboxylic acids is 1. The zero-order chi connectivity index (χ0) is 15.0. The fourth-order valence-electron chi connectivity index (χ4n) is 2.19. The summed E-state index contributed by atoms with van der Waals surface area (Å²) in [6.45, 7) is 5.93. The van der Waals surface area contributed by atoms with Gasteiger partial charge in [0.25, 0.3) is 0 Å². The molecular weight excluding hydrogens is 254 g/mol. The minimum Gasteiger partial charge on any atom is -0.481 e. The van der Waals surface area contributed by atoms with Gasteiger partial charge in [-0.05, 0) is 39.2 Å². The van der Waals surface area contributed by atoms with Crippen LogP contribution in [0.4, 0.5) is 0 Å². The van der Waals surface area contributed by atoms with Gasteiger partial charge in [-0.15, -0.1) is 0 Å². The summed E-state index contributed by atoms with van der Waals surface area (Å²) >= 11 is 0. The minimum absolute atomic E-state index is 0.131. The number of nitrogens with one attached hydrogen (secondary N) is 1. The fraction of sp³-hybridized carbons (Fsp3) is 0.500. The highest BCUT2D eigenvalue weighted by atomic mass is 16.4. The lowest BCUT2D eigenvalue weighted by Gasteiger charge is -2.25. The molecule has 0 atom stereocenters. The molecule has 0 spiro atoms. The van der Waals surface area contributed by atoms with Gasteiger partial charge in [-0.3, -0.25) is 9.59 Å². The van der Waals surface area contributed by atoms with Crippen LogP contribution in [0.1, 0.15) is 37.8 Å². The average molecular weight is 275 g/mol. The first-order valence-corrected chi connectivity index (χ1v) is 6.87. The zero-order valence-electron chi connectivity index (χ0n) is 12.2. The van der Waals surface area contributed by atoms with Crippen LogP contribution in [0.2, 0.25) is 0 Å². The van der Waals surface area contributed by atoms with Gasteiger partial charge >= 0.3 is 5.97 Å². The molecule has 20 heavy (non-hydrogen) atoms. The van der Waals surface area contributed by atoms with Crippen molar-refractivity contribution in [1.29, 1.82) is 0 Å². The van der Waals surface area contributed by atoms with E-state index in [1.165, 1.54) is 0 Å². The number of hydrogen-bond acceptors (Lipinski definition) is 2. The van der Waals surface area contributed by atoms with Crippen LogP contribution in [0, 0.1) is 12.3 Å². The molecule has 0 unspecified atom stereocenters. The van der Waals surface area contributed by atoms with E-state index in [4.69, 9.17) is 5.11 Å². The van der Waals surface area contributed by atoms with Gasteiger partial charge in [0, 0.05) is 6.54 Å². The van der Waals surface area contributed by atoms with Crippen LogP contribution in [-0.4, -0.2) is 23.5 Å². The van der Waals surface area contributed by atoms with Crippen molar-refractivity contribution in [3.05, 3.63) is 35.4 Å². The highest BCUT2D eigenvalue weighted by Gasteiger charge is 2.50. The van der Waals surface area contributed by atoms with E-state index in [-0.39, 0.29) is 12.5 Å². The van der Waals surface area contributed by atoms with Crippen molar-refractivity contribution in [2.24, 2.45) is 5.41 Å². The molecule has 4 heteroatoms. The Hall–Kier alpha value is -1.84. The van der Waals surface area contributed by atoms with E-state index < -0.39 is 16.8 Å². The molecule has 0 radical (unpaired) electrons. The van der Waals surface area contributed by atoms with Gasteiger partial charge in [-0.25, -0.2) is 0 Å². The van der Waals surface area contributed by atoms with Gasteiger partial charge in [0.15, 0.2) is 0 Å². The molecule has 1 aliphatic rings. The maximum atomic E-state index is 12.3. The summed E-state index contributed by atoms with van der Waals surface area (Å²) in [4.78, 5) is 23.4. The highest BCUT2D eigenvalue weighted by Crippen LogP contribution is 2.45. The Morgan fingerprint density at radius 2 is 1.80 bits per heavy atom. The first kappa shape index (κ1) is 14.6. The van der Waals surface area contributed by atoms with Crippen molar-refractivity contribution in [2.45, 2.75) is 39.0 Å². The normalized spacial score (nSPS) is 16.6. The third-order valence-corrected chi connectivity index (χ3v) is 4.24. The second-order valence-electron chi connectivity index (χ2n) is 6.26. The molecule has 1 amide bonds. The Labute approximate surface area is 119 Å². The molecule has 1 saturated carbocycles. The Morgan fingerprint density at radius 3 is 2.25 bits per heavy atom.